The van der Waals surface area contributed by atoms with Gasteiger partial charge in [-0.3, -0.25) is 0 Å². The predicted molar refractivity (Wildman–Crippen MR) is 77.4 cm³/mol. The SMILES string of the molecule is CC(C)C1(CNCc2ccc(Br)c(Cl)c2)CC1. The van der Waals surface area contributed by atoms with Crippen molar-refractivity contribution in [3.05, 3.63) is 33.3 Å². The summed E-state index contributed by atoms with van der Waals surface area (Å²) >= 11 is 9.48. The van der Waals surface area contributed by atoms with E-state index in [0.717, 1.165) is 28.5 Å². The largest absolute Gasteiger partial charge is 0.312 e. The Morgan fingerprint density at radius 1 is 1.41 bits per heavy atom. The molecule has 1 saturated carbocycles. The van der Waals surface area contributed by atoms with Gasteiger partial charge in [-0.05, 0) is 57.8 Å². The van der Waals surface area contributed by atoms with E-state index in [4.69, 9.17) is 11.6 Å². The summed E-state index contributed by atoms with van der Waals surface area (Å²) in [6.07, 6.45) is 2.75. The molecule has 1 aromatic rings. The van der Waals surface area contributed by atoms with Crippen LogP contribution in [0.1, 0.15) is 32.3 Å². The van der Waals surface area contributed by atoms with Crippen molar-refractivity contribution >= 4 is 27.5 Å². The van der Waals surface area contributed by atoms with E-state index in [2.05, 4.69) is 41.2 Å². The monoisotopic (exact) mass is 315 g/mol. The Kier molecular flexibility index (Phi) is 4.17. The first-order chi connectivity index (χ1) is 8.03. The van der Waals surface area contributed by atoms with Crippen molar-refractivity contribution in [2.45, 2.75) is 33.2 Å². The van der Waals surface area contributed by atoms with Crippen LogP contribution < -0.4 is 5.32 Å². The second-order valence-corrected chi connectivity index (χ2v) is 6.63. The molecule has 0 bridgehead atoms. The summed E-state index contributed by atoms with van der Waals surface area (Å²) in [5.41, 5.74) is 1.82. The molecule has 0 unspecified atom stereocenters. The lowest BCUT2D eigenvalue weighted by molar-refractivity contribution is 0.338. The zero-order chi connectivity index (χ0) is 12.5. The highest BCUT2D eigenvalue weighted by atomic mass is 79.9. The molecule has 0 aromatic heterocycles. The van der Waals surface area contributed by atoms with Crippen molar-refractivity contribution in [3.63, 3.8) is 0 Å². The van der Waals surface area contributed by atoms with E-state index in [-0.39, 0.29) is 0 Å². The molecule has 0 amide bonds. The van der Waals surface area contributed by atoms with Crippen LogP contribution in [-0.4, -0.2) is 6.54 Å². The zero-order valence-electron chi connectivity index (χ0n) is 10.4. The molecule has 0 aliphatic heterocycles. The van der Waals surface area contributed by atoms with Crippen molar-refractivity contribution in [1.82, 2.24) is 5.32 Å². The van der Waals surface area contributed by atoms with Gasteiger partial charge in [-0.15, -0.1) is 0 Å². The van der Waals surface area contributed by atoms with Gasteiger partial charge in [0.25, 0.3) is 0 Å². The highest BCUT2D eigenvalue weighted by molar-refractivity contribution is 9.10. The zero-order valence-corrected chi connectivity index (χ0v) is 12.7. The molecule has 3 heteroatoms. The summed E-state index contributed by atoms with van der Waals surface area (Å²) in [4.78, 5) is 0. The van der Waals surface area contributed by atoms with Crippen molar-refractivity contribution < 1.29 is 0 Å². The molecule has 1 aliphatic rings. The van der Waals surface area contributed by atoms with Crippen molar-refractivity contribution in [2.75, 3.05) is 6.54 Å². The fraction of sp³-hybridized carbons (Fsp3) is 0.571. The lowest BCUT2D eigenvalue weighted by atomic mass is 9.92. The average Bonchev–Trinajstić information content (AvgIpc) is 3.04. The molecule has 0 saturated heterocycles. The van der Waals surface area contributed by atoms with Gasteiger partial charge in [-0.25, -0.2) is 0 Å². The Labute approximate surface area is 117 Å². The molecule has 1 aromatic carbocycles. The predicted octanol–water partition coefficient (Wildman–Crippen LogP) is 4.63. The molecular weight excluding hydrogens is 298 g/mol. The minimum atomic E-state index is 0.569. The van der Waals surface area contributed by atoms with Crippen molar-refractivity contribution in [1.29, 1.82) is 0 Å². The highest BCUT2D eigenvalue weighted by Gasteiger charge is 2.44. The van der Waals surface area contributed by atoms with Crippen LogP contribution in [0.25, 0.3) is 0 Å². The summed E-state index contributed by atoms with van der Waals surface area (Å²) in [6.45, 7) is 6.68. The molecule has 94 valence electrons. The van der Waals surface area contributed by atoms with Crippen LogP contribution in [0.15, 0.2) is 22.7 Å². The molecule has 2 rings (SSSR count). The normalized spacial score (nSPS) is 17.5. The maximum Gasteiger partial charge on any atom is 0.0551 e. The van der Waals surface area contributed by atoms with E-state index in [1.165, 1.54) is 18.4 Å². The molecule has 0 atom stereocenters. The topological polar surface area (TPSA) is 12.0 Å². The molecule has 1 nitrogen and oxygen atoms in total. The van der Waals surface area contributed by atoms with Crippen LogP contribution in [0, 0.1) is 11.3 Å². The lowest BCUT2D eigenvalue weighted by Gasteiger charge is -2.20. The van der Waals surface area contributed by atoms with Crippen LogP contribution in [0.3, 0.4) is 0 Å². The molecule has 0 heterocycles. The number of hydrogen-bond donors (Lipinski definition) is 1. The van der Waals surface area contributed by atoms with E-state index in [0.29, 0.717) is 5.41 Å². The third-order valence-electron chi connectivity index (χ3n) is 3.91. The Bertz CT molecular complexity index is 399. The molecule has 1 aliphatic carbocycles. The van der Waals surface area contributed by atoms with E-state index in [9.17, 15) is 0 Å². The number of nitrogens with one attached hydrogen (secondary N) is 1. The van der Waals surface area contributed by atoms with Crippen LogP contribution >= 0.6 is 27.5 Å². The van der Waals surface area contributed by atoms with Gasteiger partial charge < -0.3 is 5.32 Å². The fourth-order valence-electron chi connectivity index (χ4n) is 2.22. The minimum Gasteiger partial charge on any atom is -0.312 e. The van der Waals surface area contributed by atoms with Gasteiger partial charge in [0.15, 0.2) is 0 Å². The van der Waals surface area contributed by atoms with Gasteiger partial charge in [0, 0.05) is 17.6 Å². The van der Waals surface area contributed by atoms with Crippen LogP contribution in [0.2, 0.25) is 5.02 Å². The molecule has 17 heavy (non-hydrogen) atoms. The third kappa shape index (κ3) is 3.24. The summed E-state index contributed by atoms with van der Waals surface area (Å²) in [7, 11) is 0. The maximum absolute atomic E-state index is 6.07. The highest BCUT2D eigenvalue weighted by Crippen LogP contribution is 2.51. The average molecular weight is 317 g/mol. The Morgan fingerprint density at radius 2 is 2.12 bits per heavy atom. The second-order valence-electron chi connectivity index (χ2n) is 5.37. The Morgan fingerprint density at radius 3 is 2.65 bits per heavy atom. The van der Waals surface area contributed by atoms with Crippen LogP contribution in [-0.2, 0) is 6.54 Å². The van der Waals surface area contributed by atoms with E-state index >= 15 is 0 Å². The fourth-order valence-corrected chi connectivity index (χ4v) is 2.67. The quantitative estimate of drug-likeness (QED) is 0.835. The standard InChI is InChI=1S/C14H19BrClN/c1-10(2)14(5-6-14)9-17-8-11-3-4-12(15)13(16)7-11/h3-4,7,10,17H,5-6,8-9H2,1-2H3. The maximum atomic E-state index is 6.07. The smallest absolute Gasteiger partial charge is 0.0551 e. The third-order valence-corrected chi connectivity index (χ3v) is 5.14. The van der Waals surface area contributed by atoms with Gasteiger partial charge in [-0.2, -0.15) is 0 Å². The van der Waals surface area contributed by atoms with Gasteiger partial charge in [0.05, 0.1) is 5.02 Å². The van der Waals surface area contributed by atoms with Gasteiger partial charge in [0.2, 0.25) is 0 Å². The summed E-state index contributed by atoms with van der Waals surface area (Å²) in [6, 6.07) is 6.14. The number of rotatable bonds is 5. The molecular formula is C14H19BrClN. The second kappa shape index (κ2) is 5.29. The first-order valence-corrected chi connectivity index (χ1v) is 7.35. The summed E-state index contributed by atoms with van der Waals surface area (Å²) in [5, 5.41) is 4.34. The Balaban J connectivity index is 1.84. The Hall–Kier alpha value is -0.0500. The lowest BCUT2D eigenvalue weighted by Crippen LogP contribution is -2.27. The van der Waals surface area contributed by atoms with Crippen LogP contribution in [0.4, 0.5) is 0 Å². The summed E-state index contributed by atoms with van der Waals surface area (Å²) < 4.78 is 0.962. The number of benzene rings is 1. The molecule has 1 N–H and O–H groups in total. The molecule has 0 radical (unpaired) electrons. The van der Waals surface area contributed by atoms with Gasteiger partial charge >= 0.3 is 0 Å². The minimum absolute atomic E-state index is 0.569. The van der Waals surface area contributed by atoms with E-state index < -0.39 is 0 Å². The molecule has 0 spiro atoms. The van der Waals surface area contributed by atoms with E-state index in [1.54, 1.807) is 0 Å². The van der Waals surface area contributed by atoms with Crippen molar-refractivity contribution in [3.8, 4) is 0 Å². The van der Waals surface area contributed by atoms with Crippen LogP contribution in [0.5, 0.6) is 0 Å². The summed E-state index contributed by atoms with van der Waals surface area (Å²) in [5.74, 6) is 0.781. The van der Waals surface area contributed by atoms with E-state index in [1.807, 2.05) is 12.1 Å². The number of hydrogen-bond acceptors (Lipinski definition) is 1. The molecule has 1 fully saturated rings. The van der Waals surface area contributed by atoms with Gasteiger partial charge in [0.1, 0.15) is 0 Å². The first kappa shape index (κ1) is 13.4. The first-order valence-electron chi connectivity index (χ1n) is 6.18. The number of halogens is 2. The van der Waals surface area contributed by atoms with Crippen molar-refractivity contribution in [2.24, 2.45) is 11.3 Å². The van der Waals surface area contributed by atoms with Gasteiger partial charge in [-0.1, -0.05) is 31.5 Å².